The summed E-state index contributed by atoms with van der Waals surface area (Å²) < 4.78 is 18.4. The minimum Gasteiger partial charge on any atom is -0.378 e. The lowest BCUT2D eigenvalue weighted by Crippen LogP contribution is -2.39. The van der Waals surface area contributed by atoms with Gasteiger partial charge in [0.25, 0.3) is 11.8 Å². The van der Waals surface area contributed by atoms with Crippen LogP contribution < -0.4 is 0 Å². The first-order valence-electron chi connectivity index (χ1n) is 9.23. The Morgan fingerprint density at radius 3 is 2.68 bits per heavy atom. The number of amides is 1. The average molecular weight is 381 g/mol. The number of carbonyl (C=O) groups is 1. The number of carbonyl (C=O) groups excluding carboxylic acids is 1. The first-order valence-corrected chi connectivity index (χ1v) is 9.23. The summed E-state index contributed by atoms with van der Waals surface area (Å²) in [6, 6.07) is 14.6. The lowest BCUT2D eigenvalue weighted by atomic mass is 9.96. The van der Waals surface area contributed by atoms with Gasteiger partial charge in [-0.1, -0.05) is 35.5 Å². The molecule has 1 N–H and O–H groups in total. The van der Waals surface area contributed by atoms with E-state index in [-0.39, 0.29) is 23.5 Å². The van der Waals surface area contributed by atoms with Crippen LogP contribution in [0, 0.1) is 5.82 Å². The van der Waals surface area contributed by atoms with E-state index in [4.69, 9.17) is 4.52 Å². The summed E-state index contributed by atoms with van der Waals surface area (Å²) in [6.45, 7) is 1.08. The Morgan fingerprint density at radius 2 is 1.93 bits per heavy atom. The molecule has 3 aromatic rings. The number of rotatable bonds is 4. The predicted molar refractivity (Wildman–Crippen MR) is 99.1 cm³/mol. The highest BCUT2D eigenvalue weighted by molar-refractivity contribution is 5.94. The van der Waals surface area contributed by atoms with Crippen molar-refractivity contribution in [2.75, 3.05) is 13.1 Å². The van der Waals surface area contributed by atoms with Gasteiger partial charge in [0.2, 0.25) is 0 Å². The van der Waals surface area contributed by atoms with Crippen LogP contribution in [0.5, 0.6) is 0 Å². The smallest absolute Gasteiger partial charge is 0.260 e. The molecule has 1 saturated heterocycles. The van der Waals surface area contributed by atoms with Gasteiger partial charge in [-0.25, -0.2) is 4.39 Å². The van der Waals surface area contributed by atoms with Crippen LogP contribution in [0.1, 0.15) is 52.5 Å². The summed E-state index contributed by atoms with van der Waals surface area (Å²) >= 11 is 0. The minimum atomic E-state index is -0.983. The highest BCUT2D eigenvalue weighted by atomic mass is 19.1. The van der Waals surface area contributed by atoms with Crippen molar-refractivity contribution in [1.29, 1.82) is 0 Å². The number of aromatic nitrogens is 2. The van der Waals surface area contributed by atoms with Crippen molar-refractivity contribution >= 4 is 5.91 Å². The standard InChI is InChI=1S/C21H20FN3O3/c22-17-10-8-15(9-11-17)21(27)25-12-4-7-16(13-25)19-23-20(28-24-19)18(26)14-5-2-1-3-6-14/h1-3,5-6,8-11,16,18,26H,4,7,12-13H2/t16-,18+/m0/s1. The zero-order valence-corrected chi connectivity index (χ0v) is 15.2. The van der Waals surface area contributed by atoms with Crippen molar-refractivity contribution in [3.05, 3.63) is 83.3 Å². The molecular formula is C21H20FN3O3. The van der Waals surface area contributed by atoms with Gasteiger partial charge in [-0.15, -0.1) is 0 Å². The zero-order chi connectivity index (χ0) is 19.5. The van der Waals surface area contributed by atoms with E-state index in [0.29, 0.717) is 30.0 Å². The molecule has 2 atom stereocenters. The van der Waals surface area contributed by atoms with Crippen molar-refractivity contribution < 1.29 is 18.8 Å². The molecule has 0 spiro atoms. The molecule has 4 rings (SSSR count). The molecule has 1 aliphatic heterocycles. The molecule has 144 valence electrons. The van der Waals surface area contributed by atoms with Crippen LogP contribution in [0.2, 0.25) is 0 Å². The fourth-order valence-corrected chi connectivity index (χ4v) is 3.45. The molecule has 0 radical (unpaired) electrons. The summed E-state index contributed by atoms with van der Waals surface area (Å²) in [5.41, 5.74) is 1.13. The lowest BCUT2D eigenvalue weighted by Gasteiger charge is -2.31. The van der Waals surface area contributed by atoms with Gasteiger partial charge in [-0.3, -0.25) is 4.79 Å². The van der Waals surface area contributed by atoms with Crippen LogP contribution in [0.4, 0.5) is 4.39 Å². The Balaban J connectivity index is 1.47. The van der Waals surface area contributed by atoms with E-state index >= 15 is 0 Å². The number of aliphatic hydroxyl groups is 1. The Bertz CT molecular complexity index is 943. The van der Waals surface area contributed by atoms with Gasteiger partial charge in [-0.05, 0) is 42.7 Å². The second-order valence-electron chi connectivity index (χ2n) is 6.90. The molecule has 1 aromatic heterocycles. The number of hydrogen-bond donors (Lipinski definition) is 1. The van der Waals surface area contributed by atoms with E-state index in [1.165, 1.54) is 24.3 Å². The van der Waals surface area contributed by atoms with Crippen molar-refractivity contribution in [1.82, 2.24) is 15.0 Å². The van der Waals surface area contributed by atoms with Crippen LogP contribution in [0.15, 0.2) is 59.1 Å². The Kier molecular flexibility index (Phi) is 5.16. The van der Waals surface area contributed by atoms with Gasteiger partial charge in [0, 0.05) is 24.6 Å². The van der Waals surface area contributed by atoms with Crippen LogP contribution in [-0.4, -0.2) is 39.1 Å². The molecule has 1 aliphatic rings. The fraction of sp³-hybridized carbons (Fsp3) is 0.286. The van der Waals surface area contributed by atoms with Crippen molar-refractivity contribution in [2.24, 2.45) is 0 Å². The largest absolute Gasteiger partial charge is 0.378 e. The first kappa shape index (κ1) is 18.3. The SMILES string of the molecule is O=C(c1ccc(F)cc1)N1CCC[C@H](c2noc([C@H](O)c3ccccc3)n2)C1. The molecule has 2 aromatic carbocycles. The second-order valence-corrected chi connectivity index (χ2v) is 6.90. The van der Waals surface area contributed by atoms with E-state index in [1.54, 1.807) is 17.0 Å². The third-order valence-electron chi connectivity index (χ3n) is 4.97. The van der Waals surface area contributed by atoms with Crippen LogP contribution in [0.25, 0.3) is 0 Å². The maximum Gasteiger partial charge on any atom is 0.260 e. The summed E-state index contributed by atoms with van der Waals surface area (Å²) in [5, 5.41) is 14.5. The molecule has 28 heavy (non-hydrogen) atoms. The number of piperidine rings is 1. The van der Waals surface area contributed by atoms with E-state index < -0.39 is 6.10 Å². The van der Waals surface area contributed by atoms with E-state index in [0.717, 1.165) is 12.8 Å². The minimum absolute atomic E-state index is 0.0707. The summed E-state index contributed by atoms with van der Waals surface area (Å²) in [7, 11) is 0. The van der Waals surface area contributed by atoms with Gasteiger partial charge >= 0.3 is 0 Å². The number of halogens is 1. The van der Waals surface area contributed by atoms with Gasteiger partial charge < -0.3 is 14.5 Å². The lowest BCUT2D eigenvalue weighted by molar-refractivity contribution is 0.0703. The molecule has 0 bridgehead atoms. The maximum absolute atomic E-state index is 13.1. The quantitative estimate of drug-likeness (QED) is 0.750. The molecule has 0 aliphatic carbocycles. The molecule has 7 heteroatoms. The van der Waals surface area contributed by atoms with Crippen LogP contribution in [-0.2, 0) is 0 Å². The van der Waals surface area contributed by atoms with E-state index in [9.17, 15) is 14.3 Å². The van der Waals surface area contributed by atoms with Crippen molar-refractivity contribution in [3.63, 3.8) is 0 Å². The number of nitrogens with zero attached hydrogens (tertiary/aromatic N) is 3. The first-order chi connectivity index (χ1) is 13.6. The summed E-state index contributed by atoms with van der Waals surface area (Å²) in [6.07, 6.45) is 0.652. The number of likely N-dealkylation sites (tertiary alicyclic amines) is 1. The molecule has 1 amide bonds. The van der Waals surface area contributed by atoms with Gasteiger partial charge in [0.05, 0.1) is 0 Å². The Hall–Kier alpha value is -3.06. The third-order valence-corrected chi connectivity index (χ3v) is 4.97. The molecule has 6 nitrogen and oxygen atoms in total. The van der Waals surface area contributed by atoms with Crippen molar-refractivity contribution in [2.45, 2.75) is 24.9 Å². The molecule has 0 unspecified atom stereocenters. The summed E-state index contributed by atoms with van der Waals surface area (Å²) in [4.78, 5) is 18.8. The molecule has 0 saturated carbocycles. The predicted octanol–water partition coefficient (Wildman–Crippen LogP) is 3.31. The Labute approximate surface area is 161 Å². The van der Waals surface area contributed by atoms with Gasteiger partial charge in [0.15, 0.2) is 11.9 Å². The van der Waals surface area contributed by atoms with Gasteiger partial charge in [0.1, 0.15) is 5.82 Å². The van der Waals surface area contributed by atoms with Crippen LogP contribution >= 0.6 is 0 Å². The van der Waals surface area contributed by atoms with E-state index in [1.807, 2.05) is 18.2 Å². The molecule has 1 fully saturated rings. The maximum atomic E-state index is 13.1. The normalized spacial score (nSPS) is 18.1. The molecular weight excluding hydrogens is 361 g/mol. The van der Waals surface area contributed by atoms with Crippen LogP contribution in [0.3, 0.4) is 0 Å². The topological polar surface area (TPSA) is 79.5 Å². The fourth-order valence-electron chi connectivity index (χ4n) is 3.45. The highest BCUT2D eigenvalue weighted by Crippen LogP contribution is 2.28. The third kappa shape index (κ3) is 3.80. The number of benzene rings is 2. The average Bonchev–Trinajstić information content (AvgIpc) is 3.24. The molecule has 2 heterocycles. The highest BCUT2D eigenvalue weighted by Gasteiger charge is 2.29. The summed E-state index contributed by atoms with van der Waals surface area (Å²) in [5.74, 6) is 0.0468. The van der Waals surface area contributed by atoms with Crippen molar-refractivity contribution in [3.8, 4) is 0 Å². The number of hydrogen-bond acceptors (Lipinski definition) is 5. The monoisotopic (exact) mass is 381 g/mol. The zero-order valence-electron chi connectivity index (χ0n) is 15.2. The number of aliphatic hydroxyl groups excluding tert-OH is 1. The van der Waals surface area contributed by atoms with E-state index in [2.05, 4.69) is 10.1 Å². The second kappa shape index (κ2) is 7.90. The Morgan fingerprint density at radius 1 is 1.18 bits per heavy atom. The van der Waals surface area contributed by atoms with Gasteiger partial charge in [-0.2, -0.15) is 4.98 Å².